The maximum atomic E-state index is 11.4. The minimum Gasteiger partial charge on any atom is -0.356 e. The molecule has 0 aliphatic heterocycles. The first-order chi connectivity index (χ1) is 6.97. The molecule has 1 amide bonds. The molecule has 1 saturated carbocycles. The van der Waals surface area contributed by atoms with Crippen LogP contribution in [-0.4, -0.2) is 24.5 Å². The Morgan fingerprint density at radius 2 is 1.93 bits per heavy atom. The number of amides is 1. The number of hydrogen-bond donors (Lipinski definition) is 2. The van der Waals surface area contributed by atoms with Crippen molar-refractivity contribution in [3.05, 3.63) is 0 Å². The van der Waals surface area contributed by atoms with Gasteiger partial charge in [0, 0.05) is 25.0 Å². The Hall–Kier alpha value is -0.570. The molecule has 0 aromatic heterocycles. The van der Waals surface area contributed by atoms with E-state index < -0.39 is 0 Å². The molecule has 0 radical (unpaired) electrons. The molecule has 3 nitrogen and oxygen atoms in total. The Kier molecular flexibility index (Phi) is 4.58. The van der Waals surface area contributed by atoms with Gasteiger partial charge in [-0.3, -0.25) is 4.79 Å². The van der Waals surface area contributed by atoms with Gasteiger partial charge in [0.2, 0.25) is 5.91 Å². The van der Waals surface area contributed by atoms with E-state index in [-0.39, 0.29) is 11.4 Å². The third-order valence-electron chi connectivity index (χ3n) is 2.58. The average molecular weight is 212 g/mol. The standard InChI is InChI=1S/C12H24N2O/c1-12(2,3)14-9-7-11(15)13-8-6-10-4-5-10/h10,14H,4-9H2,1-3H3,(H,13,15). The Bertz CT molecular complexity index is 204. The van der Waals surface area contributed by atoms with Crippen LogP contribution in [0.5, 0.6) is 0 Å². The van der Waals surface area contributed by atoms with Gasteiger partial charge in [0.1, 0.15) is 0 Å². The molecule has 0 aromatic rings. The van der Waals surface area contributed by atoms with Crippen molar-refractivity contribution < 1.29 is 4.79 Å². The van der Waals surface area contributed by atoms with Crippen LogP contribution in [0.1, 0.15) is 46.5 Å². The van der Waals surface area contributed by atoms with Gasteiger partial charge in [0.15, 0.2) is 0 Å². The molecule has 0 unspecified atom stereocenters. The lowest BCUT2D eigenvalue weighted by Crippen LogP contribution is -2.38. The zero-order valence-corrected chi connectivity index (χ0v) is 10.2. The Labute approximate surface area is 93.0 Å². The third kappa shape index (κ3) is 7.37. The molecule has 0 aromatic carbocycles. The van der Waals surface area contributed by atoms with Crippen molar-refractivity contribution in [1.82, 2.24) is 10.6 Å². The maximum Gasteiger partial charge on any atom is 0.221 e. The molecule has 3 heteroatoms. The number of rotatable bonds is 6. The molecule has 1 rings (SSSR count). The summed E-state index contributed by atoms with van der Waals surface area (Å²) in [6.45, 7) is 7.95. The predicted molar refractivity (Wildman–Crippen MR) is 62.7 cm³/mol. The van der Waals surface area contributed by atoms with E-state index in [0.29, 0.717) is 6.42 Å². The normalized spacial score (nSPS) is 16.5. The number of carbonyl (C=O) groups excluding carboxylic acids is 1. The summed E-state index contributed by atoms with van der Waals surface area (Å²) in [5.41, 5.74) is 0.105. The lowest BCUT2D eigenvalue weighted by Gasteiger charge is -2.20. The van der Waals surface area contributed by atoms with Crippen LogP contribution in [-0.2, 0) is 4.79 Å². The Morgan fingerprint density at radius 3 is 2.47 bits per heavy atom. The molecule has 0 bridgehead atoms. The van der Waals surface area contributed by atoms with Crippen LogP contribution in [0.2, 0.25) is 0 Å². The number of carbonyl (C=O) groups is 1. The average Bonchev–Trinajstić information content (AvgIpc) is 2.85. The minimum atomic E-state index is 0.105. The molecule has 88 valence electrons. The second-order valence-electron chi connectivity index (χ2n) is 5.51. The van der Waals surface area contributed by atoms with Crippen molar-refractivity contribution in [3.63, 3.8) is 0 Å². The van der Waals surface area contributed by atoms with Crippen LogP contribution in [0.3, 0.4) is 0 Å². The fourth-order valence-electron chi connectivity index (χ4n) is 1.46. The van der Waals surface area contributed by atoms with Gasteiger partial charge in [-0.1, -0.05) is 12.8 Å². The van der Waals surface area contributed by atoms with E-state index in [1.807, 2.05) is 0 Å². The van der Waals surface area contributed by atoms with Crippen molar-refractivity contribution in [2.45, 2.75) is 52.0 Å². The van der Waals surface area contributed by atoms with Gasteiger partial charge in [-0.15, -0.1) is 0 Å². The van der Waals surface area contributed by atoms with Gasteiger partial charge in [-0.25, -0.2) is 0 Å². The first-order valence-corrected chi connectivity index (χ1v) is 5.99. The molecular weight excluding hydrogens is 188 g/mol. The Morgan fingerprint density at radius 1 is 1.27 bits per heavy atom. The van der Waals surface area contributed by atoms with Crippen LogP contribution < -0.4 is 10.6 Å². The second-order valence-corrected chi connectivity index (χ2v) is 5.51. The topological polar surface area (TPSA) is 41.1 Å². The summed E-state index contributed by atoms with van der Waals surface area (Å²) < 4.78 is 0. The summed E-state index contributed by atoms with van der Waals surface area (Å²) in [4.78, 5) is 11.4. The molecular formula is C12H24N2O. The summed E-state index contributed by atoms with van der Waals surface area (Å²) in [5, 5.41) is 6.26. The van der Waals surface area contributed by atoms with E-state index in [1.165, 1.54) is 19.3 Å². The zero-order valence-electron chi connectivity index (χ0n) is 10.2. The maximum absolute atomic E-state index is 11.4. The molecule has 1 aliphatic carbocycles. The van der Waals surface area contributed by atoms with Crippen LogP contribution in [0, 0.1) is 5.92 Å². The lowest BCUT2D eigenvalue weighted by atomic mass is 10.1. The molecule has 0 saturated heterocycles. The van der Waals surface area contributed by atoms with Crippen molar-refractivity contribution in [2.24, 2.45) is 5.92 Å². The highest BCUT2D eigenvalue weighted by Gasteiger charge is 2.20. The van der Waals surface area contributed by atoms with E-state index in [9.17, 15) is 4.79 Å². The van der Waals surface area contributed by atoms with E-state index in [1.54, 1.807) is 0 Å². The fourth-order valence-corrected chi connectivity index (χ4v) is 1.46. The molecule has 1 aliphatic rings. The Balaban J connectivity index is 1.93. The molecule has 0 spiro atoms. The summed E-state index contributed by atoms with van der Waals surface area (Å²) in [5.74, 6) is 1.07. The van der Waals surface area contributed by atoms with E-state index in [2.05, 4.69) is 31.4 Å². The van der Waals surface area contributed by atoms with Crippen molar-refractivity contribution >= 4 is 5.91 Å². The van der Waals surface area contributed by atoms with Gasteiger partial charge in [-0.05, 0) is 33.1 Å². The quantitative estimate of drug-likeness (QED) is 0.703. The van der Waals surface area contributed by atoms with Gasteiger partial charge >= 0.3 is 0 Å². The summed E-state index contributed by atoms with van der Waals surface area (Å²) in [7, 11) is 0. The van der Waals surface area contributed by atoms with Crippen molar-refractivity contribution in [3.8, 4) is 0 Å². The molecule has 1 fully saturated rings. The first kappa shape index (κ1) is 12.5. The zero-order chi connectivity index (χ0) is 11.3. The SMILES string of the molecule is CC(C)(C)NCCC(=O)NCCC1CC1. The highest BCUT2D eigenvalue weighted by molar-refractivity contribution is 5.76. The monoisotopic (exact) mass is 212 g/mol. The predicted octanol–water partition coefficient (Wildman–Crippen LogP) is 1.68. The molecule has 0 atom stereocenters. The molecule has 0 heterocycles. The van der Waals surface area contributed by atoms with E-state index >= 15 is 0 Å². The van der Waals surface area contributed by atoms with Crippen LogP contribution >= 0.6 is 0 Å². The molecule has 2 N–H and O–H groups in total. The van der Waals surface area contributed by atoms with Crippen LogP contribution in [0.25, 0.3) is 0 Å². The van der Waals surface area contributed by atoms with Crippen LogP contribution in [0.4, 0.5) is 0 Å². The van der Waals surface area contributed by atoms with Gasteiger partial charge in [-0.2, -0.15) is 0 Å². The van der Waals surface area contributed by atoms with Crippen molar-refractivity contribution in [2.75, 3.05) is 13.1 Å². The summed E-state index contributed by atoms with van der Waals surface area (Å²) in [6.07, 6.45) is 4.48. The summed E-state index contributed by atoms with van der Waals surface area (Å²) >= 11 is 0. The second kappa shape index (κ2) is 5.50. The fraction of sp³-hybridized carbons (Fsp3) is 0.917. The van der Waals surface area contributed by atoms with Gasteiger partial charge in [0.25, 0.3) is 0 Å². The summed E-state index contributed by atoms with van der Waals surface area (Å²) in [6, 6.07) is 0. The molecule has 15 heavy (non-hydrogen) atoms. The lowest BCUT2D eigenvalue weighted by molar-refractivity contribution is -0.121. The van der Waals surface area contributed by atoms with Crippen molar-refractivity contribution in [1.29, 1.82) is 0 Å². The number of hydrogen-bond acceptors (Lipinski definition) is 2. The number of nitrogens with one attached hydrogen (secondary N) is 2. The van der Waals surface area contributed by atoms with Gasteiger partial charge < -0.3 is 10.6 Å². The highest BCUT2D eigenvalue weighted by Crippen LogP contribution is 2.31. The minimum absolute atomic E-state index is 0.105. The van der Waals surface area contributed by atoms with Gasteiger partial charge in [0.05, 0.1) is 0 Å². The third-order valence-corrected chi connectivity index (χ3v) is 2.58. The van der Waals surface area contributed by atoms with Crippen LogP contribution in [0.15, 0.2) is 0 Å². The highest BCUT2D eigenvalue weighted by atomic mass is 16.1. The van der Waals surface area contributed by atoms with E-state index in [0.717, 1.165) is 19.0 Å². The smallest absolute Gasteiger partial charge is 0.221 e. The van der Waals surface area contributed by atoms with E-state index in [4.69, 9.17) is 0 Å². The largest absolute Gasteiger partial charge is 0.356 e. The first-order valence-electron chi connectivity index (χ1n) is 5.99.